The van der Waals surface area contributed by atoms with E-state index in [1.807, 2.05) is 24.3 Å². The van der Waals surface area contributed by atoms with Crippen LogP contribution >= 0.6 is 0 Å². The minimum Gasteiger partial charge on any atom is -0.510 e. The number of azo groups is 1. The molecule has 1 amide bonds. The van der Waals surface area contributed by atoms with Gasteiger partial charge in [-0.15, -0.1) is 10.2 Å². The number of aliphatic hydroxyl groups is 1. The molecule has 3 aromatic rings. The highest BCUT2D eigenvalue weighted by Crippen LogP contribution is 2.30. The zero-order valence-electron chi connectivity index (χ0n) is 20.7. The summed E-state index contributed by atoms with van der Waals surface area (Å²) in [6, 6.07) is 18.8. The van der Waals surface area contributed by atoms with E-state index in [-0.39, 0.29) is 35.1 Å². The van der Waals surface area contributed by atoms with Gasteiger partial charge in [-0.2, -0.15) is 0 Å². The lowest BCUT2D eigenvalue weighted by atomic mass is 10.1. The fourth-order valence-electron chi connectivity index (χ4n) is 3.18. The van der Waals surface area contributed by atoms with Crippen molar-refractivity contribution in [2.75, 3.05) is 19.5 Å². The summed E-state index contributed by atoms with van der Waals surface area (Å²) >= 11 is 0. The molecule has 0 radical (unpaired) electrons. The number of amides is 1. The van der Waals surface area contributed by atoms with Crippen LogP contribution < -0.4 is 14.8 Å². The van der Waals surface area contributed by atoms with Gasteiger partial charge in [-0.1, -0.05) is 49.1 Å². The SMILES string of the molecule is C=Cc1ccc(COC(=O)c2ccc(N=NC(C(=O)Nc3ccccc3OC)=C(C)O)c(OC)c2)cc1. The number of esters is 1. The molecule has 3 rings (SSSR count). The van der Waals surface area contributed by atoms with E-state index in [2.05, 4.69) is 22.1 Å². The van der Waals surface area contributed by atoms with Crippen LogP contribution in [0.4, 0.5) is 11.4 Å². The minimum atomic E-state index is -0.687. The molecule has 0 saturated heterocycles. The van der Waals surface area contributed by atoms with Crippen LogP contribution in [0.2, 0.25) is 0 Å². The second-order valence-corrected chi connectivity index (χ2v) is 7.70. The molecule has 0 heterocycles. The molecule has 0 atom stereocenters. The highest BCUT2D eigenvalue weighted by atomic mass is 16.5. The number of nitrogens with one attached hydrogen (secondary N) is 1. The fraction of sp³-hybridized carbons (Fsp3) is 0.143. The zero-order chi connectivity index (χ0) is 26.8. The molecule has 0 fully saturated rings. The summed E-state index contributed by atoms with van der Waals surface area (Å²) in [5, 5.41) is 20.6. The van der Waals surface area contributed by atoms with E-state index in [0.29, 0.717) is 11.4 Å². The quantitative estimate of drug-likeness (QED) is 0.147. The highest BCUT2D eigenvalue weighted by molar-refractivity contribution is 6.04. The van der Waals surface area contributed by atoms with Crippen molar-refractivity contribution in [2.24, 2.45) is 10.2 Å². The molecular weight excluding hydrogens is 474 g/mol. The van der Waals surface area contributed by atoms with Crippen molar-refractivity contribution in [3.8, 4) is 11.5 Å². The molecule has 9 nitrogen and oxygen atoms in total. The van der Waals surface area contributed by atoms with Gasteiger partial charge in [-0.25, -0.2) is 4.79 Å². The standard InChI is InChI=1S/C28H27N3O6/c1-5-19-10-12-20(13-11-19)17-37-28(34)21-14-15-23(25(16-21)36-4)30-31-26(18(2)32)27(33)29-22-8-6-7-9-24(22)35-3/h5-16,32H,1,17H2,2-4H3,(H,29,33). The first kappa shape index (κ1) is 26.7. The smallest absolute Gasteiger partial charge is 0.338 e. The molecule has 0 saturated carbocycles. The summed E-state index contributed by atoms with van der Waals surface area (Å²) < 4.78 is 15.9. The fourth-order valence-corrected chi connectivity index (χ4v) is 3.18. The molecule has 0 aliphatic heterocycles. The molecule has 2 N–H and O–H groups in total. The van der Waals surface area contributed by atoms with Crippen molar-refractivity contribution in [2.45, 2.75) is 13.5 Å². The third-order valence-electron chi connectivity index (χ3n) is 5.17. The highest BCUT2D eigenvalue weighted by Gasteiger charge is 2.17. The van der Waals surface area contributed by atoms with Gasteiger partial charge in [0.25, 0.3) is 5.91 Å². The minimum absolute atomic E-state index is 0.102. The van der Waals surface area contributed by atoms with Crippen molar-refractivity contribution < 1.29 is 28.9 Å². The predicted molar refractivity (Wildman–Crippen MR) is 140 cm³/mol. The molecule has 3 aromatic carbocycles. The van der Waals surface area contributed by atoms with E-state index in [0.717, 1.165) is 11.1 Å². The number of rotatable bonds is 10. The number of hydrogen-bond donors (Lipinski definition) is 2. The van der Waals surface area contributed by atoms with E-state index in [9.17, 15) is 14.7 Å². The van der Waals surface area contributed by atoms with Gasteiger partial charge in [0.1, 0.15) is 29.6 Å². The lowest BCUT2D eigenvalue weighted by Crippen LogP contribution is -2.15. The Morgan fingerprint density at radius 2 is 1.70 bits per heavy atom. The van der Waals surface area contributed by atoms with Crippen molar-refractivity contribution >= 4 is 29.3 Å². The average molecular weight is 502 g/mol. The lowest BCUT2D eigenvalue weighted by Gasteiger charge is -2.10. The summed E-state index contributed by atoms with van der Waals surface area (Å²) in [4.78, 5) is 25.3. The van der Waals surface area contributed by atoms with Crippen molar-refractivity contribution in [3.63, 3.8) is 0 Å². The Morgan fingerprint density at radius 3 is 2.35 bits per heavy atom. The molecule has 0 bridgehead atoms. The normalized spacial score (nSPS) is 11.4. The first-order chi connectivity index (χ1) is 17.9. The Bertz CT molecular complexity index is 1340. The number of hydrogen-bond acceptors (Lipinski definition) is 8. The van der Waals surface area contributed by atoms with Gasteiger partial charge in [-0.05, 0) is 48.4 Å². The number of methoxy groups -OCH3 is 2. The van der Waals surface area contributed by atoms with E-state index >= 15 is 0 Å². The number of nitrogens with zero attached hydrogens (tertiary/aromatic N) is 2. The topological polar surface area (TPSA) is 119 Å². The Morgan fingerprint density at radius 1 is 1.00 bits per heavy atom. The second-order valence-electron chi connectivity index (χ2n) is 7.70. The summed E-state index contributed by atoms with van der Waals surface area (Å²) in [6.45, 7) is 5.13. The Labute approximate surface area is 214 Å². The van der Waals surface area contributed by atoms with Crippen LogP contribution in [0.15, 0.2) is 95.0 Å². The van der Waals surface area contributed by atoms with Gasteiger partial charge >= 0.3 is 5.97 Å². The molecule has 0 aliphatic carbocycles. The number of aliphatic hydroxyl groups excluding tert-OH is 1. The average Bonchev–Trinajstić information content (AvgIpc) is 2.92. The zero-order valence-corrected chi connectivity index (χ0v) is 20.7. The van der Waals surface area contributed by atoms with Crippen LogP contribution in [-0.4, -0.2) is 31.2 Å². The largest absolute Gasteiger partial charge is 0.510 e. The van der Waals surface area contributed by atoms with Gasteiger partial charge in [0.2, 0.25) is 0 Å². The van der Waals surface area contributed by atoms with Gasteiger partial charge in [-0.3, -0.25) is 4.79 Å². The third-order valence-corrected chi connectivity index (χ3v) is 5.17. The first-order valence-corrected chi connectivity index (χ1v) is 11.2. The third kappa shape index (κ3) is 7.04. The van der Waals surface area contributed by atoms with Crippen molar-refractivity contribution in [1.29, 1.82) is 0 Å². The van der Waals surface area contributed by atoms with Crippen LogP contribution in [-0.2, 0) is 16.1 Å². The number of carbonyl (C=O) groups is 2. The number of para-hydroxylation sites is 2. The molecule has 0 aromatic heterocycles. The van der Waals surface area contributed by atoms with Crippen LogP contribution in [0.1, 0.15) is 28.4 Å². The maximum absolute atomic E-state index is 12.7. The van der Waals surface area contributed by atoms with Crippen molar-refractivity contribution in [3.05, 3.63) is 101 Å². The van der Waals surface area contributed by atoms with Crippen LogP contribution in [0.25, 0.3) is 6.08 Å². The molecule has 9 heteroatoms. The maximum Gasteiger partial charge on any atom is 0.338 e. The van der Waals surface area contributed by atoms with Gasteiger partial charge in [0, 0.05) is 0 Å². The van der Waals surface area contributed by atoms with Crippen molar-refractivity contribution in [1.82, 2.24) is 0 Å². The second kappa shape index (κ2) is 12.7. The molecule has 37 heavy (non-hydrogen) atoms. The Balaban J connectivity index is 1.73. The van der Waals surface area contributed by atoms with Crippen LogP contribution in [0, 0.1) is 0 Å². The van der Waals surface area contributed by atoms with Crippen LogP contribution in [0.3, 0.4) is 0 Å². The predicted octanol–water partition coefficient (Wildman–Crippen LogP) is 6.22. The molecular formula is C28H27N3O6. The summed E-state index contributed by atoms with van der Waals surface area (Å²) in [6.07, 6.45) is 1.73. The van der Waals surface area contributed by atoms with Gasteiger partial charge in [0.05, 0.1) is 25.5 Å². The molecule has 0 unspecified atom stereocenters. The monoisotopic (exact) mass is 501 g/mol. The molecule has 0 aliphatic rings. The number of ether oxygens (including phenoxy) is 3. The summed E-state index contributed by atoms with van der Waals surface area (Å²) in [5.41, 5.74) is 2.39. The Kier molecular flexibility index (Phi) is 9.15. The lowest BCUT2D eigenvalue weighted by molar-refractivity contribution is -0.113. The number of benzene rings is 3. The summed E-state index contributed by atoms with van der Waals surface area (Å²) in [7, 11) is 2.89. The summed E-state index contributed by atoms with van der Waals surface area (Å²) in [5.74, 6) is -0.892. The van der Waals surface area contributed by atoms with E-state index < -0.39 is 11.9 Å². The van der Waals surface area contributed by atoms with E-state index in [4.69, 9.17) is 14.2 Å². The van der Waals surface area contributed by atoms with Crippen LogP contribution in [0.5, 0.6) is 11.5 Å². The van der Waals surface area contributed by atoms with E-state index in [1.54, 1.807) is 30.3 Å². The van der Waals surface area contributed by atoms with Gasteiger partial charge in [0.15, 0.2) is 5.70 Å². The van der Waals surface area contributed by atoms with E-state index in [1.165, 1.54) is 39.3 Å². The molecule has 190 valence electrons. The number of anilines is 1. The Hall–Kier alpha value is -4.92. The maximum atomic E-state index is 12.7. The van der Waals surface area contributed by atoms with Gasteiger partial charge < -0.3 is 24.6 Å². The molecule has 0 spiro atoms. The number of carbonyl (C=O) groups excluding carboxylic acids is 2. The first-order valence-electron chi connectivity index (χ1n) is 11.2. The number of allylic oxidation sites excluding steroid dienone is 1.